The number of amides is 2. The molecule has 0 heterocycles. The number of aryl methyl sites for hydroxylation is 2. The molecule has 7 nitrogen and oxygen atoms in total. The van der Waals surface area contributed by atoms with E-state index in [4.69, 9.17) is 0 Å². The number of carbonyl (C=O) groups is 2. The van der Waals surface area contributed by atoms with Gasteiger partial charge in [0.25, 0.3) is 0 Å². The third kappa shape index (κ3) is 9.14. The Hall–Kier alpha value is -3.72. The van der Waals surface area contributed by atoms with Gasteiger partial charge in [0.15, 0.2) is 0 Å². The fourth-order valence-corrected chi connectivity index (χ4v) is 5.57. The molecular formula is C32H40FN3O4S. The van der Waals surface area contributed by atoms with Crippen LogP contribution in [-0.2, 0) is 32.6 Å². The number of hydrogen-bond acceptors (Lipinski definition) is 4. The van der Waals surface area contributed by atoms with Gasteiger partial charge < -0.3 is 10.2 Å². The Bertz CT molecular complexity index is 1430. The molecule has 0 aliphatic rings. The molecule has 0 unspecified atom stereocenters. The average molecular weight is 582 g/mol. The van der Waals surface area contributed by atoms with Crippen LogP contribution in [0.25, 0.3) is 0 Å². The van der Waals surface area contributed by atoms with Crippen LogP contribution in [-0.4, -0.2) is 50.5 Å². The highest BCUT2D eigenvalue weighted by molar-refractivity contribution is 7.92. The second-order valence-electron chi connectivity index (χ2n) is 10.3. The van der Waals surface area contributed by atoms with Gasteiger partial charge >= 0.3 is 0 Å². The molecule has 0 fully saturated rings. The quantitative estimate of drug-likeness (QED) is 0.285. The molecule has 0 aliphatic carbocycles. The van der Waals surface area contributed by atoms with Crippen molar-refractivity contribution < 1.29 is 22.4 Å². The van der Waals surface area contributed by atoms with E-state index in [0.717, 1.165) is 29.4 Å². The lowest BCUT2D eigenvalue weighted by Gasteiger charge is -2.32. The number of nitrogens with one attached hydrogen (secondary N) is 1. The topological polar surface area (TPSA) is 86.8 Å². The van der Waals surface area contributed by atoms with Crippen molar-refractivity contribution in [3.05, 3.63) is 101 Å². The molecule has 0 radical (unpaired) electrons. The lowest BCUT2D eigenvalue weighted by molar-refractivity contribution is -0.141. The Kier molecular flexibility index (Phi) is 11.5. The largest absolute Gasteiger partial charge is 0.354 e. The van der Waals surface area contributed by atoms with Crippen molar-refractivity contribution in [3.63, 3.8) is 0 Å². The summed E-state index contributed by atoms with van der Waals surface area (Å²) >= 11 is 0. The highest BCUT2D eigenvalue weighted by Gasteiger charge is 2.31. The van der Waals surface area contributed by atoms with Crippen LogP contribution in [0.1, 0.15) is 48.4 Å². The Morgan fingerprint density at radius 3 is 2.27 bits per heavy atom. The van der Waals surface area contributed by atoms with Crippen molar-refractivity contribution in [1.29, 1.82) is 0 Å². The summed E-state index contributed by atoms with van der Waals surface area (Å²) in [6.07, 6.45) is 2.33. The Labute approximate surface area is 243 Å². The number of benzene rings is 3. The van der Waals surface area contributed by atoms with E-state index in [2.05, 4.69) is 5.32 Å². The lowest BCUT2D eigenvalue weighted by Crippen LogP contribution is -2.50. The summed E-state index contributed by atoms with van der Waals surface area (Å²) in [5.74, 6) is -1.13. The van der Waals surface area contributed by atoms with E-state index < -0.39 is 21.9 Å². The normalized spacial score (nSPS) is 12.0. The monoisotopic (exact) mass is 581 g/mol. The minimum Gasteiger partial charge on any atom is -0.354 e. The molecule has 3 aromatic carbocycles. The third-order valence-corrected chi connectivity index (χ3v) is 8.24. The third-order valence-electron chi connectivity index (χ3n) is 7.05. The van der Waals surface area contributed by atoms with Crippen LogP contribution in [0.15, 0.2) is 72.8 Å². The zero-order valence-electron chi connectivity index (χ0n) is 24.3. The van der Waals surface area contributed by atoms with Gasteiger partial charge in [0.2, 0.25) is 21.8 Å². The van der Waals surface area contributed by atoms with Crippen LogP contribution in [0, 0.1) is 19.7 Å². The molecule has 0 saturated carbocycles. The second-order valence-corrected chi connectivity index (χ2v) is 12.2. The maximum absolute atomic E-state index is 14.7. The van der Waals surface area contributed by atoms with Gasteiger partial charge in [-0.2, -0.15) is 0 Å². The second kappa shape index (κ2) is 14.8. The summed E-state index contributed by atoms with van der Waals surface area (Å²) in [5.41, 5.74) is 3.72. The molecule has 3 rings (SSSR count). The smallest absolute Gasteiger partial charge is 0.243 e. The lowest BCUT2D eigenvalue weighted by atomic mass is 10.0. The molecule has 1 atom stereocenters. The zero-order valence-corrected chi connectivity index (χ0v) is 25.1. The van der Waals surface area contributed by atoms with Crippen LogP contribution >= 0.6 is 0 Å². The van der Waals surface area contributed by atoms with E-state index in [0.29, 0.717) is 17.8 Å². The molecule has 41 heavy (non-hydrogen) atoms. The van der Waals surface area contributed by atoms with Crippen molar-refractivity contribution in [1.82, 2.24) is 10.2 Å². The molecule has 0 aromatic heterocycles. The maximum atomic E-state index is 14.7. The Morgan fingerprint density at radius 1 is 0.951 bits per heavy atom. The van der Waals surface area contributed by atoms with Crippen molar-refractivity contribution in [2.24, 2.45) is 0 Å². The maximum Gasteiger partial charge on any atom is 0.243 e. The van der Waals surface area contributed by atoms with E-state index in [-0.39, 0.29) is 44.2 Å². The van der Waals surface area contributed by atoms with Gasteiger partial charge in [-0.3, -0.25) is 13.9 Å². The fourth-order valence-electron chi connectivity index (χ4n) is 4.61. The SMILES string of the molecule is CCCNC(=O)[C@@H](Cc1ccccc1)N(Cc1ccccc1F)C(=O)CCCN(c1ccc(C)c(C)c1)S(C)(=O)=O. The van der Waals surface area contributed by atoms with Crippen LogP contribution in [0.2, 0.25) is 0 Å². The number of sulfonamides is 1. The van der Waals surface area contributed by atoms with E-state index in [1.165, 1.54) is 15.3 Å². The van der Waals surface area contributed by atoms with Crippen molar-refractivity contribution in [3.8, 4) is 0 Å². The minimum atomic E-state index is -3.61. The van der Waals surface area contributed by atoms with Crippen molar-refractivity contribution >= 4 is 27.5 Å². The van der Waals surface area contributed by atoms with Crippen molar-refractivity contribution in [2.45, 2.75) is 59.0 Å². The zero-order chi connectivity index (χ0) is 30.0. The Morgan fingerprint density at radius 2 is 1.63 bits per heavy atom. The first-order valence-corrected chi connectivity index (χ1v) is 15.8. The predicted octanol–water partition coefficient (Wildman–Crippen LogP) is 5.16. The molecule has 0 aliphatic heterocycles. The van der Waals surface area contributed by atoms with Crippen LogP contribution in [0.3, 0.4) is 0 Å². The molecule has 2 amide bonds. The molecule has 0 bridgehead atoms. The molecule has 3 aromatic rings. The average Bonchev–Trinajstić information content (AvgIpc) is 2.94. The number of anilines is 1. The highest BCUT2D eigenvalue weighted by Crippen LogP contribution is 2.23. The highest BCUT2D eigenvalue weighted by atomic mass is 32.2. The van der Waals surface area contributed by atoms with Crippen LogP contribution < -0.4 is 9.62 Å². The number of hydrogen-bond donors (Lipinski definition) is 1. The van der Waals surface area contributed by atoms with Crippen molar-refractivity contribution in [2.75, 3.05) is 23.7 Å². The molecule has 1 N–H and O–H groups in total. The summed E-state index contributed by atoms with van der Waals surface area (Å²) in [6, 6.07) is 20.1. The summed E-state index contributed by atoms with van der Waals surface area (Å²) in [7, 11) is -3.61. The van der Waals surface area contributed by atoms with E-state index in [9.17, 15) is 22.4 Å². The van der Waals surface area contributed by atoms with E-state index in [1.807, 2.05) is 63.2 Å². The van der Waals surface area contributed by atoms with Gasteiger partial charge in [-0.1, -0.05) is 61.5 Å². The van der Waals surface area contributed by atoms with Gasteiger partial charge in [0, 0.05) is 38.0 Å². The fraction of sp³-hybridized carbons (Fsp3) is 0.375. The van der Waals surface area contributed by atoms with Gasteiger partial charge in [0.1, 0.15) is 11.9 Å². The Balaban J connectivity index is 1.88. The summed E-state index contributed by atoms with van der Waals surface area (Å²) in [6.45, 7) is 6.26. The summed E-state index contributed by atoms with van der Waals surface area (Å²) in [4.78, 5) is 28.6. The predicted molar refractivity (Wildman–Crippen MR) is 162 cm³/mol. The van der Waals surface area contributed by atoms with E-state index >= 15 is 0 Å². The van der Waals surface area contributed by atoms with Crippen LogP contribution in [0.4, 0.5) is 10.1 Å². The first kappa shape index (κ1) is 31.8. The molecular weight excluding hydrogens is 541 g/mol. The molecule has 0 spiro atoms. The molecule has 9 heteroatoms. The van der Waals surface area contributed by atoms with E-state index in [1.54, 1.807) is 24.3 Å². The van der Waals surface area contributed by atoms with Crippen LogP contribution in [0.5, 0.6) is 0 Å². The standard InChI is InChI=1S/C32H40FN3O4S/c1-5-19-34-32(38)30(22-26-12-7-6-8-13-26)35(23-27-14-9-10-15-29(27)33)31(37)16-11-20-36(41(4,39)40)28-18-17-24(2)25(3)21-28/h6-10,12-15,17-18,21,30H,5,11,16,19-20,22-23H2,1-4H3,(H,34,38)/t30-/m1/s1. The molecule has 0 saturated heterocycles. The number of carbonyl (C=O) groups excluding carboxylic acids is 2. The van der Waals surface area contributed by atoms with Gasteiger partial charge in [0.05, 0.1) is 11.9 Å². The van der Waals surface area contributed by atoms with Gasteiger partial charge in [-0.15, -0.1) is 0 Å². The minimum absolute atomic E-state index is 0.0162. The van der Waals surface area contributed by atoms with Gasteiger partial charge in [-0.25, -0.2) is 12.8 Å². The number of halogens is 1. The van der Waals surface area contributed by atoms with Gasteiger partial charge in [-0.05, 0) is 61.6 Å². The first-order valence-electron chi connectivity index (χ1n) is 13.9. The summed E-state index contributed by atoms with van der Waals surface area (Å²) in [5, 5.41) is 2.90. The molecule has 220 valence electrons. The summed E-state index contributed by atoms with van der Waals surface area (Å²) < 4.78 is 41.3. The first-order chi connectivity index (χ1) is 19.5. The number of nitrogens with zero attached hydrogens (tertiary/aromatic N) is 2. The number of rotatable bonds is 14.